The van der Waals surface area contributed by atoms with E-state index >= 15 is 0 Å². The number of rotatable bonds is 3. The number of carboxylic acid groups (broad SMARTS) is 1. The van der Waals surface area contributed by atoms with Crippen molar-refractivity contribution in [3.05, 3.63) is 16.1 Å². The molecule has 1 aromatic rings. The van der Waals surface area contributed by atoms with E-state index in [0.29, 0.717) is 31.1 Å². The third-order valence-corrected chi connectivity index (χ3v) is 4.36. The van der Waals surface area contributed by atoms with E-state index in [4.69, 9.17) is 5.11 Å². The summed E-state index contributed by atoms with van der Waals surface area (Å²) in [6.07, 6.45) is 0. The van der Waals surface area contributed by atoms with Gasteiger partial charge in [-0.25, -0.2) is 4.98 Å². The fraction of sp³-hybridized carbons (Fsp3) is 0.583. The second-order valence-electron chi connectivity index (χ2n) is 4.61. The number of hydrogen-bond donors (Lipinski definition) is 1. The molecule has 1 saturated heterocycles. The summed E-state index contributed by atoms with van der Waals surface area (Å²) in [4.78, 5) is 31.6. The molecule has 19 heavy (non-hydrogen) atoms. The van der Waals surface area contributed by atoms with Gasteiger partial charge < -0.3 is 10.0 Å². The third kappa shape index (κ3) is 2.93. The monoisotopic (exact) mass is 283 g/mol. The highest BCUT2D eigenvalue weighted by atomic mass is 32.1. The van der Waals surface area contributed by atoms with Crippen molar-refractivity contribution >= 4 is 23.2 Å². The summed E-state index contributed by atoms with van der Waals surface area (Å²) in [5.74, 6) is -0.819. The summed E-state index contributed by atoms with van der Waals surface area (Å²) in [7, 11) is 0. The van der Waals surface area contributed by atoms with Gasteiger partial charge in [0.05, 0.1) is 11.2 Å². The minimum absolute atomic E-state index is 0.00243. The van der Waals surface area contributed by atoms with Crippen molar-refractivity contribution in [1.82, 2.24) is 14.8 Å². The number of thiazole rings is 1. The minimum atomic E-state index is -0.821. The molecule has 2 rings (SSSR count). The molecule has 1 fully saturated rings. The minimum Gasteiger partial charge on any atom is -0.480 e. The first-order valence-electron chi connectivity index (χ1n) is 6.17. The van der Waals surface area contributed by atoms with Gasteiger partial charge >= 0.3 is 5.97 Å². The van der Waals surface area contributed by atoms with Crippen LogP contribution in [-0.4, -0.2) is 64.0 Å². The van der Waals surface area contributed by atoms with Crippen LogP contribution >= 0.6 is 11.3 Å². The molecule has 1 atom stereocenters. The highest BCUT2D eigenvalue weighted by Gasteiger charge is 2.28. The summed E-state index contributed by atoms with van der Waals surface area (Å²) in [6.45, 7) is 5.81. The van der Waals surface area contributed by atoms with Crippen molar-refractivity contribution in [3.8, 4) is 0 Å². The molecule has 7 heteroatoms. The molecule has 1 N–H and O–H groups in total. The van der Waals surface area contributed by atoms with Crippen molar-refractivity contribution in [2.24, 2.45) is 0 Å². The first-order valence-corrected chi connectivity index (χ1v) is 7.05. The van der Waals surface area contributed by atoms with Crippen LogP contribution in [0.3, 0.4) is 0 Å². The van der Waals surface area contributed by atoms with E-state index in [1.165, 1.54) is 11.3 Å². The topological polar surface area (TPSA) is 73.7 Å². The van der Waals surface area contributed by atoms with Crippen molar-refractivity contribution in [1.29, 1.82) is 0 Å². The Hall–Kier alpha value is -1.47. The molecule has 0 radical (unpaired) electrons. The fourth-order valence-electron chi connectivity index (χ4n) is 2.12. The molecular formula is C12H17N3O3S. The van der Waals surface area contributed by atoms with Crippen molar-refractivity contribution in [3.63, 3.8) is 0 Å². The van der Waals surface area contributed by atoms with Crippen LogP contribution < -0.4 is 0 Å². The van der Waals surface area contributed by atoms with Gasteiger partial charge in [-0.2, -0.15) is 0 Å². The Morgan fingerprint density at radius 2 is 2.00 bits per heavy atom. The van der Waals surface area contributed by atoms with E-state index in [9.17, 15) is 9.59 Å². The number of aromatic nitrogens is 1. The summed E-state index contributed by atoms with van der Waals surface area (Å²) in [6, 6.07) is -0.498. The Morgan fingerprint density at radius 1 is 1.37 bits per heavy atom. The fourth-order valence-corrected chi connectivity index (χ4v) is 2.89. The summed E-state index contributed by atoms with van der Waals surface area (Å²) >= 11 is 1.35. The molecule has 0 bridgehead atoms. The largest absolute Gasteiger partial charge is 0.480 e. The summed E-state index contributed by atoms with van der Waals surface area (Å²) in [5, 5.41) is 8.97. The quantitative estimate of drug-likeness (QED) is 0.883. The Balaban J connectivity index is 1.95. The van der Waals surface area contributed by atoms with Crippen LogP contribution in [-0.2, 0) is 4.79 Å². The van der Waals surface area contributed by atoms with Crippen molar-refractivity contribution < 1.29 is 14.7 Å². The zero-order valence-electron chi connectivity index (χ0n) is 11.0. The van der Waals surface area contributed by atoms with Crippen LogP contribution in [0, 0.1) is 6.92 Å². The number of amides is 1. The lowest BCUT2D eigenvalue weighted by Gasteiger charge is -2.36. The Morgan fingerprint density at radius 3 is 2.47 bits per heavy atom. The zero-order valence-corrected chi connectivity index (χ0v) is 11.8. The van der Waals surface area contributed by atoms with Crippen LogP contribution in [0.4, 0.5) is 0 Å². The smallest absolute Gasteiger partial charge is 0.320 e. The lowest BCUT2D eigenvalue weighted by Crippen LogP contribution is -2.53. The van der Waals surface area contributed by atoms with E-state index < -0.39 is 12.0 Å². The van der Waals surface area contributed by atoms with Gasteiger partial charge in [0.2, 0.25) is 0 Å². The number of piperazine rings is 1. The van der Waals surface area contributed by atoms with Crippen LogP contribution in [0.1, 0.15) is 22.3 Å². The van der Waals surface area contributed by atoms with Crippen LogP contribution in [0.2, 0.25) is 0 Å². The van der Waals surface area contributed by atoms with E-state index in [-0.39, 0.29) is 5.91 Å². The molecule has 0 saturated carbocycles. The average Bonchev–Trinajstić information content (AvgIpc) is 2.83. The molecule has 6 nitrogen and oxygen atoms in total. The molecule has 1 unspecified atom stereocenters. The molecule has 104 valence electrons. The molecule has 1 aliphatic heterocycles. The molecule has 1 aliphatic rings. The lowest BCUT2D eigenvalue weighted by molar-refractivity contribution is -0.143. The Bertz CT molecular complexity index is 480. The van der Waals surface area contributed by atoms with E-state index in [1.807, 2.05) is 11.8 Å². The maximum absolute atomic E-state index is 12.3. The van der Waals surface area contributed by atoms with Crippen LogP contribution in [0.15, 0.2) is 5.51 Å². The number of carbonyl (C=O) groups is 2. The van der Waals surface area contributed by atoms with Gasteiger partial charge in [0.15, 0.2) is 0 Å². The SMILES string of the molecule is Cc1ncsc1C(=O)N1CCN(C(C)C(=O)O)CC1. The van der Waals surface area contributed by atoms with Crippen molar-refractivity contribution in [2.45, 2.75) is 19.9 Å². The Labute approximate surface area is 115 Å². The predicted octanol–water partition coefficient (Wildman–Crippen LogP) is 0.682. The van der Waals surface area contributed by atoms with E-state index in [2.05, 4.69) is 4.98 Å². The molecule has 1 amide bonds. The number of carboxylic acids is 1. The van der Waals surface area contributed by atoms with Gasteiger partial charge in [-0.05, 0) is 13.8 Å². The first-order chi connectivity index (χ1) is 9.00. The molecule has 0 aromatic carbocycles. The highest BCUT2D eigenvalue weighted by Crippen LogP contribution is 2.17. The van der Waals surface area contributed by atoms with Gasteiger partial charge in [0, 0.05) is 26.2 Å². The number of hydrogen-bond acceptors (Lipinski definition) is 5. The normalized spacial score (nSPS) is 18.3. The van der Waals surface area contributed by atoms with Crippen LogP contribution in [0.5, 0.6) is 0 Å². The highest BCUT2D eigenvalue weighted by molar-refractivity contribution is 7.11. The first kappa shape index (κ1) is 14.0. The second-order valence-corrected chi connectivity index (χ2v) is 5.46. The third-order valence-electron chi connectivity index (χ3n) is 3.45. The number of aliphatic carboxylic acids is 1. The lowest BCUT2D eigenvalue weighted by atomic mass is 10.2. The molecule has 0 spiro atoms. The molecule has 1 aromatic heterocycles. The standard InChI is InChI=1S/C12H17N3O3S/c1-8-10(19-7-13-8)11(16)15-5-3-14(4-6-15)9(2)12(17)18/h7,9H,3-6H2,1-2H3,(H,17,18). The second kappa shape index (κ2) is 5.66. The van der Waals surface area contributed by atoms with Gasteiger partial charge in [0.25, 0.3) is 5.91 Å². The van der Waals surface area contributed by atoms with Crippen molar-refractivity contribution in [2.75, 3.05) is 26.2 Å². The Kier molecular flexibility index (Phi) is 4.16. The van der Waals surface area contributed by atoms with E-state index in [0.717, 1.165) is 5.69 Å². The zero-order chi connectivity index (χ0) is 14.0. The van der Waals surface area contributed by atoms with Gasteiger partial charge in [-0.3, -0.25) is 14.5 Å². The predicted molar refractivity (Wildman–Crippen MR) is 71.4 cm³/mol. The molecule has 2 heterocycles. The number of aryl methyl sites for hydroxylation is 1. The number of nitrogens with zero attached hydrogens (tertiary/aromatic N) is 3. The van der Waals surface area contributed by atoms with Crippen LogP contribution in [0.25, 0.3) is 0 Å². The summed E-state index contributed by atoms with van der Waals surface area (Å²) in [5.41, 5.74) is 2.43. The van der Waals surface area contributed by atoms with E-state index in [1.54, 1.807) is 17.3 Å². The average molecular weight is 283 g/mol. The van der Waals surface area contributed by atoms with Gasteiger partial charge in [-0.1, -0.05) is 0 Å². The molecule has 0 aliphatic carbocycles. The maximum atomic E-state index is 12.3. The van der Waals surface area contributed by atoms with Gasteiger partial charge in [0.1, 0.15) is 10.9 Å². The number of carbonyl (C=O) groups excluding carboxylic acids is 1. The molecular weight excluding hydrogens is 266 g/mol. The maximum Gasteiger partial charge on any atom is 0.320 e. The van der Waals surface area contributed by atoms with Gasteiger partial charge in [-0.15, -0.1) is 11.3 Å². The summed E-state index contributed by atoms with van der Waals surface area (Å²) < 4.78 is 0.